The van der Waals surface area contributed by atoms with E-state index in [0.29, 0.717) is 6.54 Å². The van der Waals surface area contributed by atoms with Gasteiger partial charge in [0, 0.05) is 9.50 Å². The molecule has 1 N–H and O–H groups in total. The van der Waals surface area contributed by atoms with Crippen LogP contribution in [0.15, 0.2) is 58.1 Å². The maximum atomic E-state index is 5.81. The SMILES string of the molecule is Clc1ccc(CN/N=C\c2cccc(Br)c2)cc1. The third-order valence-corrected chi connectivity index (χ3v) is 3.10. The molecule has 0 aliphatic rings. The van der Waals surface area contributed by atoms with Crippen LogP contribution in [0, 0.1) is 0 Å². The Morgan fingerprint density at radius 1 is 1.17 bits per heavy atom. The second kappa shape index (κ2) is 6.57. The molecule has 0 saturated carbocycles. The van der Waals surface area contributed by atoms with Crippen molar-refractivity contribution in [3.63, 3.8) is 0 Å². The van der Waals surface area contributed by atoms with E-state index in [9.17, 15) is 0 Å². The highest BCUT2D eigenvalue weighted by atomic mass is 79.9. The quantitative estimate of drug-likeness (QED) is 0.661. The van der Waals surface area contributed by atoms with E-state index in [1.165, 1.54) is 0 Å². The zero-order valence-corrected chi connectivity index (χ0v) is 11.9. The molecule has 0 amide bonds. The number of halogens is 2. The summed E-state index contributed by atoms with van der Waals surface area (Å²) in [5, 5.41) is 4.92. The van der Waals surface area contributed by atoms with E-state index >= 15 is 0 Å². The van der Waals surface area contributed by atoms with Crippen molar-refractivity contribution in [3.8, 4) is 0 Å². The average molecular weight is 324 g/mol. The van der Waals surface area contributed by atoms with E-state index in [0.717, 1.165) is 20.6 Å². The standard InChI is InChI=1S/C14H12BrClN2/c15-13-3-1-2-12(8-13)10-18-17-9-11-4-6-14(16)7-5-11/h1-8,10,17H,9H2/b18-10-. The Kier molecular flexibility index (Phi) is 4.79. The van der Waals surface area contributed by atoms with Crippen molar-refractivity contribution >= 4 is 33.7 Å². The molecule has 0 aromatic heterocycles. The molecule has 2 aromatic rings. The molecule has 0 radical (unpaired) electrons. The number of hydrazone groups is 1. The van der Waals surface area contributed by atoms with Gasteiger partial charge in [-0.15, -0.1) is 0 Å². The van der Waals surface area contributed by atoms with Crippen LogP contribution in [0.2, 0.25) is 5.02 Å². The first kappa shape index (κ1) is 13.1. The Labute approximate surface area is 120 Å². The number of hydrogen-bond donors (Lipinski definition) is 1. The molecule has 0 atom stereocenters. The average Bonchev–Trinajstić information content (AvgIpc) is 2.37. The Hall–Kier alpha value is -1.32. The van der Waals surface area contributed by atoms with Gasteiger partial charge in [0.2, 0.25) is 0 Å². The van der Waals surface area contributed by atoms with Crippen LogP contribution in [0.3, 0.4) is 0 Å². The van der Waals surface area contributed by atoms with E-state index in [4.69, 9.17) is 11.6 Å². The lowest BCUT2D eigenvalue weighted by atomic mass is 10.2. The fourth-order valence-electron chi connectivity index (χ4n) is 1.45. The molecule has 0 unspecified atom stereocenters. The minimum absolute atomic E-state index is 0.682. The van der Waals surface area contributed by atoms with Crippen LogP contribution in [0.1, 0.15) is 11.1 Å². The molecule has 2 aromatic carbocycles. The van der Waals surface area contributed by atoms with Gasteiger partial charge in [0.15, 0.2) is 0 Å². The predicted octanol–water partition coefficient (Wildman–Crippen LogP) is 4.23. The van der Waals surface area contributed by atoms with Gasteiger partial charge in [-0.05, 0) is 35.4 Å². The Bertz CT molecular complexity index is 538. The largest absolute Gasteiger partial charge is 0.306 e. The van der Waals surface area contributed by atoms with Crippen LogP contribution >= 0.6 is 27.5 Å². The molecule has 0 bridgehead atoms. The summed E-state index contributed by atoms with van der Waals surface area (Å²) < 4.78 is 1.05. The summed E-state index contributed by atoms with van der Waals surface area (Å²) in [5.41, 5.74) is 5.19. The van der Waals surface area contributed by atoms with Gasteiger partial charge in [-0.3, -0.25) is 0 Å². The summed E-state index contributed by atoms with van der Waals surface area (Å²) in [6, 6.07) is 15.7. The van der Waals surface area contributed by atoms with E-state index in [1.54, 1.807) is 6.21 Å². The lowest BCUT2D eigenvalue weighted by Gasteiger charge is -2.01. The van der Waals surface area contributed by atoms with Crippen LogP contribution in [0.4, 0.5) is 0 Å². The maximum absolute atomic E-state index is 5.81. The van der Waals surface area contributed by atoms with Gasteiger partial charge in [0.05, 0.1) is 12.8 Å². The van der Waals surface area contributed by atoms with E-state index in [2.05, 4.69) is 26.5 Å². The monoisotopic (exact) mass is 322 g/mol. The first-order chi connectivity index (χ1) is 8.74. The van der Waals surface area contributed by atoms with Gasteiger partial charge in [-0.2, -0.15) is 5.10 Å². The smallest absolute Gasteiger partial charge is 0.0580 e. The summed E-state index contributed by atoms with van der Waals surface area (Å²) in [4.78, 5) is 0. The number of benzene rings is 2. The molecule has 0 aliphatic heterocycles. The van der Waals surface area contributed by atoms with E-state index in [1.807, 2.05) is 48.5 Å². The fourth-order valence-corrected chi connectivity index (χ4v) is 1.99. The summed E-state index contributed by atoms with van der Waals surface area (Å²) >= 11 is 9.23. The third kappa shape index (κ3) is 4.17. The number of nitrogens with one attached hydrogen (secondary N) is 1. The first-order valence-corrected chi connectivity index (χ1v) is 6.67. The van der Waals surface area contributed by atoms with Gasteiger partial charge >= 0.3 is 0 Å². The van der Waals surface area contributed by atoms with Gasteiger partial charge in [0.25, 0.3) is 0 Å². The molecule has 92 valence electrons. The Morgan fingerprint density at radius 3 is 2.67 bits per heavy atom. The highest BCUT2D eigenvalue weighted by Gasteiger charge is 1.91. The summed E-state index contributed by atoms with van der Waals surface area (Å²) in [7, 11) is 0. The van der Waals surface area contributed by atoms with Crippen molar-refractivity contribution < 1.29 is 0 Å². The highest BCUT2D eigenvalue weighted by Crippen LogP contribution is 2.10. The molecule has 2 rings (SSSR count). The molecule has 0 fully saturated rings. The minimum Gasteiger partial charge on any atom is -0.306 e. The molecular formula is C14H12BrClN2. The normalized spacial score (nSPS) is 10.8. The topological polar surface area (TPSA) is 24.4 Å². The second-order valence-electron chi connectivity index (χ2n) is 3.77. The van der Waals surface area contributed by atoms with Gasteiger partial charge in [-0.25, -0.2) is 0 Å². The van der Waals surface area contributed by atoms with Crippen molar-refractivity contribution in [3.05, 3.63) is 69.2 Å². The zero-order chi connectivity index (χ0) is 12.8. The summed E-state index contributed by atoms with van der Waals surface area (Å²) in [5.74, 6) is 0. The van der Waals surface area contributed by atoms with Gasteiger partial charge < -0.3 is 5.43 Å². The van der Waals surface area contributed by atoms with E-state index in [-0.39, 0.29) is 0 Å². The van der Waals surface area contributed by atoms with Crippen LogP contribution in [-0.2, 0) is 6.54 Å². The summed E-state index contributed by atoms with van der Waals surface area (Å²) in [6.45, 7) is 0.682. The molecule has 0 saturated heterocycles. The van der Waals surface area contributed by atoms with Gasteiger partial charge in [0.1, 0.15) is 0 Å². The minimum atomic E-state index is 0.682. The number of rotatable bonds is 4. The highest BCUT2D eigenvalue weighted by molar-refractivity contribution is 9.10. The zero-order valence-electron chi connectivity index (χ0n) is 9.61. The molecule has 0 heterocycles. The second-order valence-corrected chi connectivity index (χ2v) is 5.13. The molecule has 4 heteroatoms. The Morgan fingerprint density at radius 2 is 1.94 bits per heavy atom. The Balaban J connectivity index is 1.87. The molecule has 18 heavy (non-hydrogen) atoms. The maximum Gasteiger partial charge on any atom is 0.0580 e. The van der Waals surface area contributed by atoms with Gasteiger partial charge in [-0.1, -0.05) is 51.8 Å². The third-order valence-electron chi connectivity index (χ3n) is 2.35. The lowest BCUT2D eigenvalue weighted by Crippen LogP contribution is -2.05. The van der Waals surface area contributed by atoms with E-state index < -0.39 is 0 Å². The van der Waals surface area contributed by atoms with Crippen LogP contribution in [-0.4, -0.2) is 6.21 Å². The summed E-state index contributed by atoms with van der Waals surface area (Å²) in [6.07, 6.45) is 1.79. The van der Waals surface area contributed by atoms with Crippen molar-refractivity contribution in [2.75, 3.05) is 0 Å². The number of nitrogens with zero attached hydrogens (tertiary/aromatic N) is 1. The van der Waals surface area contributed by atoms with Crippen LogP contribution in [0.25, 0.3) is 0 Å². The first-order valence-electron chi connectivity index (χ1n) is 5.50. The fraction of sp³-hybridized carbons (Fsp3) is 0.0714. The van der Waals surface area contributed by atoms with Crippen molar-refractivity contribution in [2.24, 2.45) is 5.10 Å². The lowest BCUT2D eigenvalue weighted by molar-refractivity contribution is 0.748. The van der Waals surface area contributed by atoms with Crippen molar-refractivity contribution in [1.29, 1.82) is 0 Å². The predicted molar refractivity (Wildman–Crippen MR) is 80.0 cm³/mol. The molecule has 2 nitrogen and oxygen atoms in total. The van der Waals surface area contributed by atoms with Crippen molar-refractivity contribution in [2.45, 2.75) is 6.54 Å². The van der Waals surface area contributed by atoms with Crippen LogP contribution < -0.4 is 5.43 Å². The molecule has 0 aliphatic carbocycles. The van der Waals surface area contributed by atoms with Crippen molar-refractivity contribution in [1.82, 2.24) is 5.43 Å². The van der Waals surface area contributed by atoms with Crippen LogP contribution in [0.5, 0.6) is 0 Å². The number of hydrogen-bond acceptors (Lipinski definition) is 2. The molecule has 0 spiro atoms. The molecular weight excluding hydrogens is 312 g/mol.